The van der Waals surface area contributed by atoms with Crippen molar-refractivity contribution in [1.29, 1.82) is 0 Å². The number of aliphatic carboxylic acids is 1. The summed E-state index contributed by atoms with van der Waals surface area (Å²) in [5.74, 6) is -2.66. The standard InChI is InChI=1S/C17H32N4O5/c1-6-10(4)14(18)16(24)20-11(5)15(23)19-8-13(22)21-12(17(25)26)7-9(2)3/h9-12,14H,6-8,18H2,1-5H3,(H,19,23)(H,20,24)(H,21,22)(H,25,26). The molecule has 0 aliphatic rings. The van der Waals surface area contributed by atoms with E-state index in [4.69, 9.17) is 10.8 Å². The van der Waals surface area contributed by atoms with Crippen LogP contribution < -0.4 is 21.7 Å². The largest absolute Gasteiger partial charge is 0.480 e. The smallest absolute Gasteiger partial charge is 0.326 e. The lowest BCUT2D eigenvalue weighted by Gasteiger charge is -2.21. The Bertz CT molecular complexity index is 509. The predicted molar refractivity (Wildman–Crippen MR) is 97.1 cm³/mol. The normalized spacial score (nSPS) is 15.5. The van der Waals surface area contributed by atoms with Gasteiger partial charge in [-0.15, -0.1) is 0 Å². The number of amides is 3. The Hall–Kier alpha value is -2.16. The van der Waals surface area contributed by atoms with Gasteiger partial charge in [0.15, 0.2) is 0 Å². The van der Waals surface area contributed by atoms with Crippen LogP contribution in [0.25, 0.3) is 0 Å². The SMILES string of the molecule is CCC(C)C(N)C(=O)NC(C)C(=O)NCC(=O)NC(CC(C)C)C(=O)O. The van der Waals surface area contributed by atoms with Crippen LogP contribution in [-0.2, 0) is 19.2 Å². The van der Waals surface area contributed by atoms with Crippen LogP contribution in [0, 0.1) is 11.8 Å². The molecule has 0 aliphatic carbocycles. The molecule has 6 N–H and O–H groups in total. The average molecular weight is 372 g/mol. The van der Waals surface area contributed by atoms with Crippen molar-refractivity contribution in [2.75, 3.05) is 6.54 Å². The maximum absolute atomic E-state index is 12.0. The second kappa shape index (κ2) is 11.5. The molecule has 0 fully saturated rings. The Morgan fingerprint density at radius 3 is 2.04 bits per heavy atom. The molecular formula is C17H32N4O5. The molecule has 150 valence electrons. The monoisotopic (exact) mass is 372 g/mol. The molecule has 4 unspecified atom stereocenters. The zero-order valence-corrected chi connectivity index (χ0v) is 16.2. The molecule has 26 heavy (non-hydrogen) atoms. The van der Waals surface area contributed by atoms with Crippen molar-refractivity contribution in [3.8, 4) is 0 Å². The molecule has 0 radical (unpaired) electrons. The van der Waals surface area contributed by atoms with Crippen LogP contribution in [-0.4, -0.2) is 53.5 Å². The minimum absolute atomic E-state index is 0.0232. The molecule has 0 saturated carbocycles. The molecule has 0 aromatic heterocycles. The van der Waals surface area contributed by atoms with Crippen molar-refractivity contribution >= 4 is 23.7 Å². The quantitative estimate of drug-likeness (QED) is 0.333. The van der Waals surface area contributed by atoms with Gasteiger partial charge in [0.25, 0.3) is 0 Å². The van der Waals surface area contributed by atoms with Crippen LogP contribution >= 0.6 is 0 Å². The van der Waals surface area contributed by atoms with Crippen LogP contribution in [0.4, 0.5) is 0 Å². The first kappa shape index (κ1) is 23.8. The lowest BCUT2D eigenvalue weighted by atomic mass is 9.99. The maximum atomic E-state index is 12.0. The van der Waals surface area contributed by atoms with E-state index in [1.165, 1.54) is 6.92 Å². The zero-order valence-electron chi connectivity index (χ0n) is 16.2. The van der Waals surface area contributed by atoms with Gasteiger partial charge in [-0.1, -0.05) is 34.1 Å². The van der Waals surface area contributed by atoms with Crippen LogP contribution in [0.2, 0.25) is 0 Å². The first-order chi connectivity index (χ1) is 12.0. The number of hydrogen-bond acceptors (Lipinski definition) is 5. The second-order valence-corrected chi connectivity index (χ2v) is 6.95. The Labute approximate surface area is 154 Å². The van der Waals surface area contributed by atoms with Gasteiger partial charge < -0.3 is 26.8 Å². The fourth-order valence-electron chi connectivity index (χ4n) is 2.15. The van der Waals surface area contributed by atoms with Gasteiger partial charge in [-0.3, -0.25) is 14.4 Å². The van der Waals surface area contributed by atoms with E-state index < -0.39 is 41.8 Å². The summed E-state index contributed by atoms with van der Waals surface area (Å²) >= 11 is 0. The first-order valence-corrected chi connectivity index (χ1v) is 8.85. The topological polar surface area (TPSA) is 151 Å². The fraction of sp³-hybridized carbons (Fsp3) is 0.765. The Morgan fingerprint density at radius 1 is 1.00 bits per heavy atom. The summed E-state index contributed by atoms with van der Waals surface area (Å²) in [4.78, 5) is 46.9. The Morgan fingerprint density at radius 2 is 1.58 bits per heavy atom. The van der Waals surface area contributed by atoms with E-state index in [0.29, 0.717) is 0 Å². The summed E-state index contributed by atoms with van der Waals surface area (Å²) in [5.41, 5.74) is 5.80. The van der Waals surface area contributed by atoms with E-state index in [1.54, 1.807) is 0 Å². The molecule has 0 spiro atoms. The molecule has 0 aromatic rings. The number of carboxylic acid groups (broad SMARTS) is 1. The summed E-state index contributed by atoms with van der Waals surface area (Å²) in [6.45, 7) is 8.55. The highest BCUT2D eigenvalue weighted by Crippen LogP contribution is 2.06. The van der Waals surface area contributed by atoms with Crippen LogP contribution in [0.3, 0.4) is 0 Å². The summed E-state index contributed by atoms with van der Waals surface area (Å²) in [6.07, 6.45) is 1.02. The number of nitrogens with one attached hydrogen (secondary N) is 3. The van der Waals surface area contributed by atoms with Crippen LogP contribution in [0.1, 0.15) is 47.5 Å². The number of hydrogen-bond donors (Lipinski definition) is 5. The molecule has 0 rings (SSSR count). The number of carbonyl (C=O) groups excluding carboxylic acids is 3. The summed E-state index contributed by atoms with van der Waals surface area (Å²) in [6, 6.07) is -2.59. The van der Waals surface area contributed by atoms with Crippen LogP contribution in [0.15, 0.2) is 0 Å². The van der Waals surface area contributed by atoms with Gasteiger partial charge in [0, 0.05) is 0 Å². The first-order valence-electron chi connectivity index (χ1n) is 8.85. The van der Waals surface area contributed by atoms with E-state index in [0.717, 1.165) is 6.42 Å². The number of rotatable bonds is 11. The molecule has 0 heterocycles. The third-order valence-electron chi connectivity index (χ3n) is 4.08. The second-order valence-electron chi connectivity index (χ2n) is 6.95. The van der Waals surface area contributed by atoms with E-state index >= 15 is 0 Å². The van der Waals surface area contributed by atoms with Crippen molar-refractivity contribution in [2.45, 2.75) is 65.6 Å². The Kier molecular flexibility index (Phi) is 10.5. The molecule has 0 aromatic carbocycles. The van der Waals surface area contributed by atoms with E-state index in [2.05, 4.69) is 16.0 Å². The van der Waals surface area contributed by atoms with Gasteiger partial charge in [-0.05, 0) is 25.2 Å². The predicted octanol–water partition coefficient (Wildman–Crippen LogP) is -0.404. The molecule has 0 bridgehead atoms. The highest BCUT2D eigenvalue weighted by molar-refractivity contribution is 5.92. The van der Waals surface area contributed by atoms with Gasteiger partial charge in [0.2, 0.25) is 17.7 Å². The number of carboxylic acids is 1. The van der Waals surface area contributed by atoms with E-state index in [1.807, 2.05) is 27.7 Å². The summed E-state index contributed by atoms with van der Waals surface area (Å²) < 4.78 is 0. The van der Waals surface area contributed by atoms with Gasteiger partial charge in [-0.25, -0.2) is 4.79 Å². The third kappa shape index (κ3) is 8.80. The van der Waals surface area contributed by atoms with Crippen molar-refractivity contribution in [2.24, 2.45) is 17.6 Å². The lowest BCUT2D eigenvalue weighted by Crippen LogP contribution is -2.53. The number of nitrogens with two attached hydrogens (primary N) is 1. The van der Waals surface area contributed by atoms with Crippen molar-refractivity contribution < 1.29 is 24.3 Å². The third-order valence-corrected chi connectivity index (χ3v) is 4.08. The highest BCUT2D eigenvalue weighted by atomic mass is 16.4. The van der Waals surface area contributed by atoms with Crippen molar-refractivity contribution in [1.82, 2.24) is 16.0 Å². The summed E-state index contributed by atoms with van der Waals surface area (Å²) in [5, 5.41) is 16.3. The van der Waals surface area contributed by atoms with E-state index in [-0.39, 0.29) is 24.8 Å². The highest BCUT2D eigenvalue weighted by Gasteiger charge is 2.24. The number of carbonyl (C=O) groups is 4. The molecule has 0 aliphatic heterocycles. The molecule has 4 atom stereocenters. The lowest BCUT2D eigenvalue weighted by molar-refractivity contribution is -0.142. The minimum Gasteiger partial charge on any atom is -0.480 e. The minimum atomic E-state index is -1.13. The van der Waals surface area contributed by atoms with E-state index in [9.17, 15) is 19.2 Å². The van der Waals surface area contributed by atoms with Gasteiger partial charge in [0.1, 0.15) is 12.1 Å². The zero-order chi connectivity index (χ0) is 20.4. The molecule has 0 saturated heterocycles. The van der Waals surface area contributed by atoms with Crippen LogP contribution in [0.5, 0.6) is 0 Å². The molecule has 9 heteroatoms. The van der Waals surface area contributed by atoms with Crippen molar-refractivity contribution in [3.05, 3.63) is 0 Å². The maximum Gasteiger partial charge on any atom is 0.326 e. The van der Waals surface area contributed by atoms with Gasteiger partial charge >= 0.3 is 5.97 Å². The fourth-order valence-corrected chi connectivity index (χ4v) is 2.15. The molecule has 9 nitrogen and oxygen atoms in total. The molecular weight excluding hydrogens is 340 g/mol. The summed E-state index contributed by atoms with van der Waals surface area (Å²) in [7, 11) is 0. The molecule has 3 amide bonds. The average Bonchev–Trinajstić information content (AvgIpc) is 2.56. The Balaban J connectivity index is 4.44. The van der Waals surface area contributed by atoms with Gasteiger partial charge in [-0.2, -0.15) is 0 Å². The van der Waals surface area contributed by atoms with Crippen molar-refractivity contribution in [3.63, 3.8) is 0 Å². The van der Waals surface area contributed by atoms with Gasteiger partial charge in [0.05, 0.1) is 12.6 Å².